The zero-order chi connectivity index (χ0) is 13.2. The van der Waals surface area contributed by atoms with Crippen LogP contribution in [-0.4, -0.2) is 24.0 Å². The van der Waals surface area contributed by atoms with Gasteiger partial charge < -0.3 is 5.73 Å². The van der Waals surface area contributed by atoms with E-state index in [1.807, 2.05) is 0 Å². The largest absolute Gasteiger partial charge is 0.329 e. The predicted octanol–water partition coefficient (Wildman–Crippen LogP) is 3.40. The lowest BCUT2D eigenvalue weighted by Crippen LogP contribution is -2.49. The van der Waals surface area contributed by atoms with Gasteiger partial charge in [-0.2, -0.15) is 0 Å². The number of hydrogen-bond donors (Lipinski definition) is 1. The summed E-state index contributed by atoms with van der Waals surface area (Å²) in [6.07, 6.45) is 3.77. The van der Waals surface area contributed by atoms with Crippen molar-refractivity contribution < 1.29 is 0 Å². The minimum atomic E-state index is 0.210. The highest BCUT2D eigenvalue weighted by atomic mass is 79.9. The summed E-state index contributed by atoms with van der Waals surface area (Å²) in [5.41, 5.74) is 7.62. The molecule has 1 saturated carbocycles. The van der Waals surface area contributed by atoms with Crippen LogP contribution in [0.3, 0.4) is 0 Å². The second kappa shape index (κ2) is 5.72. The molecule has 2 atom stereocenters. The highest BCUT2D eigenvalue weighted by Crippen LogP contribution is 2.38. The molecular formula is C15H23BrN2. The van der Waals surface area contributed by atoms with E-state index in [9.17, 15) is 0 Å². The van der Waals surface area contributed by atoms with Gasteiger partial charge >= 0.3 is 0 Å². The van der Waals surface area contributed by atoms with E-state index in [0.29, 0.717) is 0 Å². The van der Waals surface area contributed by atoms with Gasteiger partial charge in [0.15, 0.2) is 0 Å². The topological polar surface area (TPSA) is 29.3 Å². The monoisotopic (exact) mass is 310 g/mol. The number of hydrogen-bond acceptors (Lipinski definition) is 2. The van der Waals surface area contributed by atoms with Crippen molar-refractivity contribution in [2.45, 2.75) is 38.3 Å². The SMILES string of the molecule is CC1CCC(CN)(N(C)Cc2cccc(Br)c2)C1. The maximum atomic E-state index is 6.06. The van der Waals surface area contributed by atoms with Crippen LogP contribution in [0.4, 0.5) is 0 Å². The Balaban J connectivity index is 2.09. The molecule has 3 heteroatoms. The summed E-state index contributed by atoms with van der Waals surface area (Å²) in [6.45, 7) is 4.08. The molecule has 1 aromatic carbocycles. The molecule has 2 unspecified atom stereocenters. The van der Waals surface area contributed by atoms with Gasteiger partial charge in [-0.05, 0) is 49.9 Å². The summed E-state index contributed by atoms with van der Waals surface area (Å²) < 4.78 is 1.15. The molecule has 2 nitrogen and oxygen atoms in total. The van der Waals surface area contributed by atoms with Crippen molar-refractivity contribution in [1.82, 2.24) is 4.90 Å². The molecule has 2 rings (SSSR count). The molecule has 0 aromatic heterocycles. The lowest BCUT2D eigenvalue weighted by Gasteiger charge is -2.38. The average Bonchev–Trinajstić information content (AvgIpc) is 2.72. The molecule has 1 aliphatic carbocycles. The molecule has 0 spiro atoms. The van der Waals surface area contributed by atoms with E-state index in [-0.39, 0.29) is 5.54 Å². The van der Waals surface area contributed by atoms with E-state index in [1.165, 1.54) is 24.8 Å². The quantitative estimate of drug-likeness (QED) is 0.923. The molecule has 2 N–H and O–H groups in total. The van der Waals surface area contributed by atoms with Crippen LogP contribution in [0.25, 0.3) is 0 Å². The molecule has 0 bridgehead atoms. The molecule has 1 fully saturated rings. The molecule has 1 aromatic rings. The van der Waals surface area contributed by atoms with E-state index in [0.717, 1.165) is 23.5 Å². The van der Waals surface area contributed by atoms with Crippen LogP contribution in [-0.2, 0) is 6.54 Å². The fourth-order valence-electron chi connectivity index (χ4n) is 3.13. The lowest BCUT2D eigenvalue weighted by atomic mass is 9.94. The van der Waals surface area contributed by atoms with Crippen molar-refractivity contribution in [3.63, 3.8) is 0 Å². The van der Waals surface area contributed by atoms with E-state index in [4.69, 9.17) is 5.73 Å². The first kappa shape index (κ1) is 14.0. The van der Waals surface area contributed by atoms with Crippen LogP contribution in [0.2, 0.25) is 0 Å². The van der Waals surface area contributed by atoms with Gasteiger partial charge in [-0.1, -0.05) is 35.0 Å². The summed E-state index contributed by atoms with van der Waals surface area (Å²) in [5.74, 6) is 0.804. The summed E-state index contributed by atoms with van der Waals surface area (Å²) in [5, 5.41) is 0. The Labute approximate surface area is 119 Å². The first-order valence-corrected chi connectivity index (χ1v) is 7.51. The highest BCUT2D eigenvalue weighted by Gasteiger charge is 2.39. The maximum absolute atomic E-state index is 6.06. The summed E-state index contributed by atoms with van der Waals surface area (Å²) in [6, 6.07) is 8.54. The van der Waals surface area contributed by atoms with Gasteiger partial charge in [0.1, 0.15) is 0 Å². The molecule has 1 aliphatic rings. The van der Waals surface area contributed by atoms with E-state index in [1.54, 1.807) is 0 Å². The van der Waals surface area contributed by atoms with Crippen molar-refractivity contribution in [3.8, 4) is 0 Å². The Morgan fingerprint density at radius 3 is 2.83 bits per heavy atom. The third-order valence-corrected chi connectivity index (χ3v) is 4.82. The smallest absolute Gasteiger partial charge is 0.0334 e. The van der Waals surface area contributed by atoms with Gasteiger partial charge in [-0.3, -0.25) is 4.90 Å². The molecule has 0 saturated heterocycles. The molecular weight excluding hydrogens is 288 g/mol. The number of rotatable bonds is 4. The zero-order valence-corrected chi connectivity index (χ0v) is 12.9. The van der Waals surface area contributed by atoms with Crippen molar-refractivity contribution in [1.29, 1.82) is 0 Å². The third-order valence-electron chi connectivity index (χ3n) is 4.33. The molecule has 0 aliphatic heterocycles. The van der Waals surface area contributed by atoms with Gasteiger partial charge in [0.2, 0.25) is 0 Å². The lowest BCUT2D eigenvalue weighted by molar-refractivity contribution is 0.120. The number of likely N-dealkylation sites (N-methyl/N-ethyl adjacent to an activating group) is 1. The van der Waals surface area contributed by atoms with Crippen molar-refractivity contribution in [2.24, 2.45) is 11.7 Å². The molecule has 0 radical (unpaired) electrons. The Morgan fingerprint density at radius 2 is 2.28 bits per heavy atom. The fourth-order valence-corrected chi connectivity index (χ4v) is 3.58. The van der Waals surface area contributed by atoms with Gasteiger partial charge in [0, 0.05) is 23.1 Å². The molecule has 0 amide bonds. The average molecular weight is 311 g/mol. The Hall–Kier alpha value is -0.380. The van der Waals surface area contributed by atoms with Gasteiger partial charge in [-0.25, -0.2) is 0 Å². The standard InChI is InChI=1S/C15H23BrN2/c1-12-6-7-15(9-12,11-17)18(2)10-13-4-3-5-14(16)8-13/h3-5,8,12H,6-7,9-11,17H2,1-2H3. The fraction of sp³-hybridized carbons (Fsp3) is 0.600. The Kier molecular flexibility index (Phi) is 4.46. The Morgan fingerprint density at radius 1 is 1.50 bits per heavy atom. The third kappa shape index (κ3) is 2.95. The number of nitrogens with two attached hydrogens (primary N) is 1. The zero-order valence-electron chi connectivity index (χ0n) is 11.3. The second-order valence-corrected chi connectivity index (χ2v) is 6.68. The predicted molar refractivity (Wildman–Crippen MR) is 80.4 cm³/mol. The Bertz CT molecular complexity index is 407. The second-order valence-electron chi connectivity index (χ2n) is 5.76. The van der Waals surface area contributed by atoms with E-state index in [2.05, 4.69) is 59.1 Å². The number of halogens is 1. The van der Waals surface area contributed by atoms with Crippen LogP contribution in [0, 0.1) is 5.92 Å². The van der Waals surface area contributed by atoms with Crippen LogP contribution >= 0.6 is 15.9 Å². The van der Waals surface area contributed by atoms with Crippen molar-refractivity contribution in [3.05, 3.63) is 34.3 Å². The van der Waals surface area contributed by atoms with Crippen molar-refractivity contribution in [2.75, 3.05) is 13.6 Å². The highest BCUT2D eigenvalue weighted by molar-refractivity contribution is 9.10. The summed E-state index contributed by atoms with van der Waals surface area (Å²) in [4.78, 5) is 2.46. The molecule has 0 heterocycles. The van der Waals surface area contributed by atoms with Crippen LogP contribution in [0.1, 0.15) is 31.7 Å². The summed E-state index contributed by atoms with van der Waals surface area (Å²) >= 11 is 3.53. The van der Waals surface area contributed by atoms with E-state index < -0.39 is 0 Å². The number of nitrogens with zero attached hydrogens (tertiary/aromatic N) is 1. The minimum Gasteiger partial charge on any atom is -0.329 e. The number of benzene rings is 1. The van der Waals surface area contributed by atoms with Crippen LogP contribution in [0.5, 0.6) is 0 Å². The minimum absolute atomic E-state index is 0.210. The maximum Gasteiger partial charge on any atom is 0.0334 e. The first-order chi connectivity index (χ1) is 8.55. The van der Waals surface area contributed by atoms with Crippen LogP contribution < -0.4 is 5.73 Å². The van der Waals surface area contributed by atoms with Crippen LogP contribution in [0.15, 0.2) is 28.7 Å². The molecule has 18 heavy (non-hydrogen) atoms. The van der Waals surface area contributed by atoms with Gasteiger partial charge in [0.05, 0.1) is 0 Å². The van der Waals surface area contributed by atoms with Gasteiger partial charge in [0.25, 0.3) is 0 Å². The molecule has 100 valence electrons. The van der Waals surface area contributed by atoms with E-state index >= 15 is 0 Å². The summed E-state index contributed by atoms with van der Waals surface area (Å²) in [7, 11) is 2.21. The normalized spacial score (nSPS) is 27.9. The van der Waals surface area contributed by atoms with Gasteiger partial charge in [-0.15, -0.1) is 0 Å². The first-order valence-electron chi connectivity index (χ1n) is 6.71. The van der Waals surface area contributed by atoms with Crippen molar-refractivity contribution >= 4 is 15.9 Å².